The maximum atomic E-state index is 5.93. The maximum Gasteiger partial charge on any atom is 0.134 e. The first kappa shape index (κ1) is 12.0. The van der Waals surface area contributed by atoms with Crippen LogP contribution in [0.2, 0.25) is 0 Å². The van der Waals surface area contributed by atoms with E-state index >= 15 is 0 Å². The number of benzene rings is 2. The number of fused-ring (bicyclic) bond motifs is 1. The summed E-state index contributed by atoms with van der Waals surface area (Å²) in [6, 6.07) is 20.9. The van der Waals surface area contributed by atoms with Gasteiger partial charge in [0.15, 0.2) is 0 Å². The highest BCUT2D eigenvalue weighted by atomic mass is 16.3. The number of para-hydroxylation sites is 1. The predicted octanol–water partition coefficient (Wildman–Crippen LogP) is 3.94. The number of furan rings is 1. The molecule has 1 N–H and O–H groups in total. The Hall–Kier alpha value is -2.06. The molecule has 2 aromatic carbocycles. The largest absolute Gasteiger partial charge is 0.459 e. The Morgan fingerprint density at radius 1 is 1.00 bits per heavy atom. The second-order valence-electron chi connectivity index (χ2n) is 4.72. The molecule has 0 aliphatic heterocycles. The van der Waals surface area contributed by atoms with Crippen LogP contribution in [-0.4, -0.2) is 7.05 Å². The molecule has 0 amide bonds. The molecule has 0 saturated carbocycles. The van der Waals surface area contributed by atoms with Crippen LogP contribution < -0.4 is 5.32 Å². The molecule has 0 aliphatic carbocycles. The van der Waals surface area contributed by atoms with Crippen molar-refractivity contribution in [2.45, 2.75) is 12.5 Å². The molecule has 2 nitrogen and oxygen atoms in total. The minimum atomic E-state index is 0.204. The zero-order valence-corrected chi connectivity index (χ0v) is 11.0. The van der Waals surface area contributed by atoms with E-state index in [1.165, 1.54) is 5.56 Å². The first-order valence-electron chi connectivity index (χ1n) is 6.56. The van der Waals surface area contributed by atoms with Crippen LogP contribution in [0.3, 0.4) is 0 Å². The van der Waals surface area contributed by atoms with E-state index in [9.17, 15) is 0 Å². The molecular formula is C17H17NO. The molecule has 19 heavy (non-hydrogen) atoms. The number of rotatable bonds is 4. The molecule has 96 valence electrons. The Balaban J connectivity index is 1.89. The van der Waals surface area contributed by atoms with Gasteiger partial charge in [-0.1, -0.05) is 48.5 Å². The third kappa shape index (κ3) is 2.54. The average Bonchev–Trinajstić information content (AvgIpc) is 2.89. The third-order valence-corrected chi connectivity index (χ3v) is 3.42. The van der Waals surface area contributed by atoms with Gasteiger partial charge in [-0.25, -0.2) is 0 Å². The Labute approximate surface area is 113 Å². The lowest BCUT2D eigenvalue weighted by atomic mass is 10.0. The van der Waals surface area contributed by atoms with Crippen LogP contribution in [0.5, 0.6) is 0 Å². The summed E-state index contributed by atoms with van der Waals surface area (Å²) >= 11 is 0. The quantitative estimate of drug-likeness (QED) is 0.760. The standard InChI is InChI=1S/C17H17NO/c1-18-15(11-13-7-3-2-4-8-13)17-12-14-9-5-6-10-16(14)19-17/h2-10,12,15,18H,11H2,1H3. The van der Waals surface area contributed by atoms with E-state index in [0.29, 0.717) is 0 Å². The van der Waals surface area contributed by atoms with Crippen molar-refractivity contribution < 1.29 is 4.42 Å². The zero-order chi connectivity index (χ0) is 13.1. The van der Waals surface area contributed by atoms with Gasteiger partial charge in [-0.2, -0.15) is 0 Å². The van der Waals surface area contributed by atoms with E-state index in [1.54, 1.807) is 0 Å². The van der Waals surface area contributed by atoms with Crippen molar-refractivity contribution in [1.29, 1.82) is 0 Å². The molecule has 3 rings (SSSR count). The molecule has 0 bridgehead atoms. The van der Waals surface area contributed by atoms with Crippen LogP contribution in [-0.2, 0) is 6.42 Å². The van der Waals surface area contributed by atoms with Gasteiger partial charge in [0.1, 0.15) is 11.3 Å². The Kier molecular flexibility index (Phi) is 3.34. The molecule has 0 fully saturated rings. The average molecular weight is 251 g/mol. The zero-order valence-electron chi connectivity index (χ0n) is 11.0. The summed E-state index contributed by atoms with van der Waals surface area (Å²) in [5.41, 5.74) is 2.26. The molecule has 3 aromatic rings. The summed E-state index contributed by atoms with van der Waals surface area (Å²) in [5, 5.41) is 4.49. The van der Waals surface area contributed by atoms with Gasteiger partial charge in [0.2, 0.25) is 0 Å². The van der Waals surface area contributed by atoms with Crippen molar-refractivity contribution in [1.82, 2.24) is 5.32 Å². The summed E-state index contributed by atoms with van der Waals surface area (Å²) in [5.74, 6) is 0.993. The fourth-order valence-corrected chi connectivity index (χ4v) is 2.37. The van der Waals surface area contributed by atoms with Gasteiger partial charge in [-0.05, 0) is 31.2 Å². The van der Waals surface area contributed by atoms with E-state index in [0.717, 1.165) is 23.2 Å². The second kappa shape index (κ2) is 5.29. The fraction of sp³-hybridized carbons (Fsp3) is 0.176. The predicted molar refractivity (Wildman–Crippen MR) is 78.2 cm³/mol. The van der Waals surface area contributed by atoms with Gasteiger partial charge < -0.3 is 9.73 Å². The number of hydrogen-bond acceptors (Lipinski definition) is 2. The van der Waals surface area contributed by atoms with E-state index in [4.69, 9.17) is 4.42 Å². The Morgan fingerprint density at radius 3 is 2.47 bits per heavy atom. The maximum absolute atomic E-state index is 5.93. The molecule has 0 spiro atoms. The van der Waals surface area contributed by atoms with Gasteiger partial charge in [-0.3, -0.25) is 0 Å². The smallest absolute Gasteiger partial charge is 0.134 e. The van der Waals surface area contributed by atoms with Gasteiger partial charge >= 0.3 is 0 Å². The molecule has 0 aliphatic rings. The fourth-order valence-electron chi connectivity index (χ4n) is 2.37. The number of nitrogens with one attached hydrogen (secondary N) is 1. The highest BCUT2D eigenvalue weighted by Crippen LogP contribution is 2.25. The summed E-state index contributed by atoms with van der Waals surface area (Å²) < 4.78 is 5.93. The summed E-state index contributed by atoms with van der Waals surface area (Å²) in [7, 11) is 1.97. The van der Waals surface area contributed by atoms with Gasteiger partial charge in [-0.15, -0.1) is 0 Å². The molecule has 0 saturated heterocycles. The third-order valence-electron chi connectivity index (χ3n) is 3.42. The second-order valence-corrected chi connectivity index (χ2v) is 4.72. The summed E-state index contributed by atoms with van der Waals surface area (Å²) in [4.78, 5) is 0. The Bertz CT molecular complexity index is 624. The van der Waals surface area contributed by atoms with Crippen LogP contribution in [0.15, 0.2) is 65.1 Å². The van der Waals surface area contributed by atoms with Crippen LogP contribution in [0.4, 0.5) is 0 Å². The SMILES string of the molecule is CNC(Cc1ccccc1)c1cc2ccccc2o1. The molecule has 2 heteroatoms. The van der Waals surface area contributed by atoms with Crippen LogP contribution >= 0.6 is 0 Å². The minimum Gasteiger partial charge on any atom is -0.459 e. The summed E-state index contributed by atoms with van der Waals surface area (Å²) in [6.45, 7) is 0. The molecular weight excluding hydrogens is 234 g/mol. The molecule has 1 aromatic heterocycles. The molecule has 1 heterocycles. The normalized spacial score (nSPS) is 12.7. The lowest BCUT2D eigenvalue weighted by Gasteiger charge is -2.13. The van der Waals surface area contributed by atoms with Crippen molar-refractivity contribution in [3.63, 3.8) is 0 Å². The van der Waals surface area contributed by atoms with Crippen LogP contribution in [0, 0.1) is 0 Å². The van der Waals surface area contributed by atoms with E-state index in [-0.39, 0.29) is 6.04 Å². The number of hydrogen-bond donors (Lipinski definition) is 1. The van der Waals surface area contributed by atoms with Crippen LogP contribution in [0.1, 0.15) is 17.4 Å². The van der Waals surface area contributed by atoms with Gasteiger partial charge in [0, 0.05) is 5.39 Å². The van der Waals surface area contributed by atoms with Gasteiger partial charge in [0.25, 0.3) is 0 Å². The first-order chi connectivity index (χ1) is 9.36. The van der Waals surface area contributed by atoms with Crippen molar-refractivity contribution in [2.75, 3.05) is 7.05 Å². The lowest BCUT2D eigenvalue weighted by molar-refractivity contribution is 0.451. The number of likely N-dealkylation sites (N-methyl/N-ethyl adjacent to an activating group) is 1. The topological polar surface area (TPSA) is 25.2 Å². The highest BCUT2D eigenvalue weighted by Gasteiger charge is 2.14. The molecule has 0 radical (unpaired) electrons. The lowest BCUT2D eigenvalue weighted by Crippen LogP contribution is -2.18. The first-order valence-corrected chi connectivity index (χ1v) is 6.56. The minimum absolute atomic E-state index is 0.204. The van der Waals surface area contributed by atoms with Crippen molar-refractivity contribution in [2.24, 2.45) is 0 Å². The van der Waals surface area contributed by atoms with Crippen molar-refractivity contribution >= 4 is 11.0 Å². The van der Waals surface area contributed by atoms with Gasteiger partial charge in [0.05, 0.1) is 6.04 Å². The van der Waals surface area contributed by atoms with Crippen LogP contribution in [0.25, 0.3) is 11.0 Å². The van der Waals surface area contributed by atoms with E-state index in [1.807, 2.05) is 31.3 Å². The summed E-state index contributed by atoms with van der Waals surface area (Å²) in [6.07, 6.45) is 0.928. The molecule has 1 unspecified atom stereocenters. The van der Waals surface area contributed by atoms with Crippen molar-refractivity contribution in [3.05, 3.63) is 72.0 Å². The molecule has 1 atom stereocenters. The van der Waals surface area contributed by atoms with E-state index in [2.05, 4.69) is 41.7 Å². The Morgan fingerprint density at radius 2 is 1.74 bits per heavy atom. The van der Waals surface area contributed by atoms with Crippen molar-refractivity contribution in [3.8, 4) is 0 Å². The highest BCUT2D eigenvalue weighted by molar-refractivity contribution is 5.77. The van der Waals surface area contributed by atoms with E-state index < -0.39 is 0 Å². The monoisotopic (exact) mass is 251 g/mol.